The van der Waals surface area contributed by atoms with E-state index in [1.165, 1.54) is 0 Å². The summed E-state index contributed by atoms with van der Waals surface area (Å²) in [5.41, 5.74) is -1.69. The van der Waals surface area contributed by atoms with Crippen LogP contribution < -0.4 is 0 Å². The van der Waals surface area contributed by atoms with Gasteiger partial charge in [-0.15, -0.1) is 0 Å². The Balaban J connectivity index is 3.90. The molecule has 1 unspecified atom stereocenters. The summed E-state index contributed by atoms with van der Waals surface area (Å²) < 4.78 is 28.1. The first-order chi connectivity index (χ1) is 3.98. The number of hydrogen-bond donors (Lipinski definition) is 3. The van der Waals surface area contributed by atoms with Gasteiger partial charge in [0.1, 0.15) is 0 Å². The zero-order valence-corrected chi connectivity index (χ0v) is 6.27. The van der Waals surface area contributed by atoms with Crippen molar-refractivity contribution in [3.8, 4) is 0 Å². The van der Waals surface area contributed by atoms with Crippen LogP contribution in [0.4, 0.5) is 0 Å². The highest BCUT2D eigenvalue weighted by Gasteiger charge is 2.17. The maximum Gasteiger partial charge on any atom is 0.292 e. The van der Waals surface area contributed by atoms with E-state index in [2.05, 4.69) is 12.6 Å². The molecule has 6 heteroatoms. The van der Waals surface area contributed by atoms with Gasteiger partial charge in [0, 0.05) is 0 Å². The molecular weight excluding hydrogens is 164 g/mol. The Morgan fingerprint density at radius 1 is 1.56 bits per heavy atom. The number of hydrogen-bond acceptors (Lipinski definition) is 4. The van der Waals surface area contributed by atoms with Crippen LogP contribution in [0.2, 0.25) is 0 Å². The van der Waals surface area contributed by atoms with Crippen LogP contribution in [0.1, 0.15) is 6.42 Å². The molecule has 4 nitrogen and oxygen atoms in total. The van der Waals surface area contributed by atoms with Gasteiger partial charge in [0.15, 0.2) is 5.44 Å². The topological polar surface area (TPSA) is 74.6 Å². The van der Waals surface area contributed by atoms with Crippen LogP contribution in [0.5, 0.6) is 0 Å². The van der Waals surface area contributed by atoms with Crippen LogP contribution in [0.3, 0.4) is 0 Å². The lowest BCUT2D eigenvalue weighted by Crippen LogP contribution is -2.19. The summed E-state index contributed by atoms with van der Waals surface area (Å²) in [5.74, 6) is 0.223. The van der Waals surface area contributed by atoms with Crippen molar-refractivity contribution in [3.63, 3.8) is 0 Å². The number of thiol groups is 1. The van der Waals surface area contributed by atoms with Crippen molar-refractivity contribution in [2.24, 2.45) is 0 Å². The number of rotatable bonds is 3. The summed E-state index contributed by atoms with van der Waals surface area (Å²) in [6, 6.07) is 0. The monoisotopic (exact) mass is 172 g/mol. The van der Waals surface area contributed by atoms with Gasteiger partial charge in [-0.05, 0) is 12.2 Å². The van der Waals surface area contributed by atoms with Gasteiger partial charge in [-0.3, -0.25) is 4.55 Å². The smallest absolute Gasteiger partial charge is 0.292 e. The second-order valence-electron chi connectivity index (χ2n) is 1.48. The molecule has 0 saturated carbocycles. The Morgan fingerprint density at radius 3 is 2.11 bits per heavy atom. The van der Waals surface area contributed by atoms with Crippen molar-refractivity contribution in [2.45, 2.75) is 11.9 Å². The standard InChI is InChI=1S/C3H8O4S2/c4-3(1-2-8)9(5,6)7/h3-4,8H,1-2H2,(H,5,6,7). The largest absolute Gasteiger partial charge is 0.375 e. The maximum absolute atomic E-state index is 9.99. The molecule has 56 valence electrons. The van der Waals surface area contributed by atoms with Gasteiger partial charge < -0.3 is 5.11 Å². The van der Waals surface area contributed by atoms with Gasteiger partial charge in [0.25, 0.3) is 10.1 Å². The Kier molecular flexibility index (Phi) is 3.49. The minimum absolute atomic E-state index is 0.0536. The number of aliphatic hydroxyl groups excluding tert-OH is 1. The molecule has 0 heterocycles. The van der Waals surface area contributed by atoms with Crippen molar-refractivity contribution < 1.29 is 18.1 Å². The molecule has 1 atom stereocenters. The second kappa shape index (κ2) is 3.40. The van der Waals surface area contributed by atoms with Crippen molar-refractivity contribution in [1.82, 2.24) is 0 Å². The summed E-state index contributed by atoms with van der Waals surface area (Å²) in [7, 11) is -4.26. The van der Waals surface area contributed by atoms with Crippen molar-refractivity contribution in [3.05, 3.63) is 0 Å². The summed E-state index contributed by atoms with van der Waals surface area (Å²) in [5, 5.41) is 8.50. The zero-order valence-electron chi connectivity index (χ0n) is 4.56. The van der Waals surface area contributed by atoms with E-state index in [1.807, 2.05) is 0 Å². The highest BCUT2D eigenvalue weighted by Crippen LogP contribution is 1.99. The van der Waals surface area contributed by atoms with Crippen molar-refractivity contribution >= 4 is 22.7 Å². The second-order valence-corrected chi connectivity index (χ2v) is 3.50. The fourth-order valence-corrected chi connectivity index (χ4v) is 1.09. The van der Waals surface area contributed by atoms with E-state index in [1.54, 1.807) is 0 Å². The Bertz CT molecular complexity index is 161. The first-order valence-electron chi connectivity index (χ1n) is 2.23. The third-order valence-electron chi connectivity index (χ3n) is 0.720. The molecular formula is C3H8O4S2. The molecule has 0 aromatic carbocycles. The predicted octanol–water partition coefficient (Wildman–Crippen LogP) is -0.488. The minimum Gasteiger partial charge on any atom is -0.375 e. The minimum atomic E-state index is -4.26. The van der Waals surface area contributed by atoms with Gasteiger partial charge in [-0.2, -0.15) is 21.0 Å². The first-order valence-corrected chi connectivity index (χ1v) is 4.37. The summed E-state index contributed by atoms with van der Waals surface area (Å²) in [4.78, 5) is 0. The van der Waals surface area contributed by atoms with Crippen LogP contribution in [-0.4, -0.2) is 29.3 Å². The molecule has 0 amide bonds. The van der Waals surface area contributed by atoms with Crippen molar-refractivity contribution in [2.75, 3.05) is 5.75 Å². The van der Waals surface area contributed by atoms with E-state index in [-0.39, 0.29) is 12.2 Å². The molecule has 0 aliphatic heterocycles. The van der Waals surface area contributed by atoms with Crippen LogP contribution in [-0.2, 0) is 10.1 Å². The highest BCUT2D eigenvalue weighted by molar-refractivity contribution is 7.86. The maximum atomic E-state index is 9.99. The lowest BCUT2D eigenvalue weighted by molar-refractivity contribution is 0.231. The first kappa shape index (κ1) is 9.22. The molecule has 0 radical (unpaired) electrons. The summed E-state index contributed by atoms with van der Waals surface area (Å²) in [6.45, 7) is 0. The molecule has 0 aromatic heterocycles. The zero-order chi connectivity index (χ0) is 7.49. The molecule has 0 rings (SSSR count). The molecule has 0 aliphatic rings. The van der Waals surface area contributed by atoms with Crippen LogP contribution in [0, 0.1) is 0 Å². The van der Waals surface area contributed by atoms with E-state index in [9.17, 15) is 8.42 Å². The number of aliphatic hydroxyl groups is 1. The molecule has 0 bridgehead atoms. The average Bonchev–Trinajstić information content (AvgIpc) is 1.64. The molecule has 0 aromatic rings. The van der Waals surface area contributed by atoms with Crippen LogP contribution in [0.25, 0.3) is 0 Å². The lowest BCUT2D eigenvalue weighted by Gasteiger charge is -2.02. The van der Waals surface area contributed by atoms with E-state index in [0.29, 0.717) is 0 Å². The Morgan fingerprint density at radius 2 is 2.00 bits per heavy atom. The lowest BCUT2D eigenvalue weighted by atomic mass is 10.5. The van der Waals surface area contributed by atoms with Gasteiger partial charge in [-0.1, -0.05) is 0 Å². The Hall–Kier alpha value is 0.220. The summed E-state index contributed by atoms with van der Waals surface area (Å²) >= 11 is 3.66. The third kappa shape index (κ3) is 3.74. The van der Waals surface area contributed by atoms with E-state index in [0.717, 1.165) is 0 Å². The normalized spacial score (nSPS) is 15.4. The third-order valence-corrected chi connectivity index (χ3v) is 1.90. The Labute approximate surface area is 59.0 Å². The SMILES string of the molecule is O=S(=O)(O)C(O)CCS. The fraction of sp³-hybridized carbons (Fsp3) is 1.00. The van der Waals surface area contributed by atoms with Gasteiger partial charge in [-0.25, -0.2) is 0 Å². The van der Waals surface area contributed by atoms with Gasteiger partial charge in [0.05, 0.1) is 0 Å². The van der Waals surface area contributed by atoms with Crippen LogP contribution >= 0.6 is 12.6 Å². The molecule has 0 spiro atoms. The predicted molar refractivity (Wildman–Crippen MR) is 36.0 cm³/mol. The van der Waals surface area contributed by atoms with E-state index >= 15 is 0 Å². The van der Waals surface area contributed by atoms with E-state index < -0.39 is 15.6 Å². The van der Waals surface area contributed by atoms with Gasteiger partial charge in [0.2, 0.25) is 0 Å². The molecule has 2 N–H and O–H groups in total. The van der Waals surface area contributed by atoms with E-state index in [4.69, 9.17) is 9.66 Å². The van der Waals surface area contributed by atoms with Crippen molar-refractivity contribution in [1.29, 1.82) is 0 Å². The molecule has 0 fully saturated rings. The summed E-state index contributed by atoms with van der Waals surface area (Å²) in [6.07, 6.45) is -0.0536. The fourth-order valence-electron chi connectivity index (χ4n) is 0.259. The molecule has 0 saturated heterocycles. The quantitative estimate of drug-likeness (QED) is 0.397. The molecule has 0 aliphatic carbocycles. The average molecular weight is 172 g/mol. The van der Waals surface area contributed by atoms with Gasteiger partial charge >= 0.3 is 0 Å². The molecule has 9 heavy (non-hydrogen) atoms. The highest BCUT2D eigenvalue weighted by atomic mass is 32.2. The van der Waals surface area contributed by atoms with Crippen LogP contribution in [0.15, 0.2) is 0 Å².